The number of benzene rings is 1. The van der Waals surface area contributed by atoms with Crippen LogP contribution in [0.4, 0.5) is 5.82 Å². The molecule has 0 saturated carbocycles. The highest BCUT2D eigenvalue weighted by Gasteiger charge is 2.11. The number of nitrogens with one attached hydrogen (secondary N) is 1. The van der Waals surface area contributed by atoms with Gasteiger partial charge in [0.05, 0.1) is 16.3 Å². The molecule has 1 atom stereocenters. The van der Waals surface area contributed by atoms with E-state index in [9.17, 15) is 10.2 Å². The third-order valence-corrected chi connectivity index (χ3v) is 3.82. The molecule has 1 heterocycles. The zero-order valence-corrected chi connectivity index (χ0v) is 12.8. The van der Waals surface area contributed by atoms with Crippen LogP contribution in [-0.4, -0.2) is 26.7 Å². The summed E-state index contributed by atoms with van der Waals surface area (Å²) in [6.45, 7) is 4.03. The number of aryl methyl sites for hydroxylation is 2. The summed E-state index contributed by atoms with van der Waals surface area (Å²) in [5.74, 6) is 1.51. The van der Waals surface area contributed by atoms with Crippen LogP contribution in [0.3, 0.4) is 0 Å². The van der Waals surface area contributed by atoms with Crippen molar-refractivity contribution in [2.24, 2.45) is 0 Å². The second-order valence-corrected chi connectivity index (χ2v) is 5.30. The lowest BCUT2D eigenvalue weighted by Gasteiger charge is -2.14. The standard InChI is InChI=1S/C14H16BrN3O2/c1-8-13(15)14(18-9(2)17-8)16-7-12(20)10-3-5-11(19)6-4-10/h3-6,12,19-20H,7H2,1-2H3,(H,16,17,18). The quantitative estimate of drug-likeness (QED) is 0.799. The minimum absolute atomic E-state index is 0.179. The van der Waals surface area contributed by atoms with E-state index < -0.39 is 6.10 Å². The molecule has 0 aliphatic rings. The van der Waals surface area contributed by atoms with Crippen molar-refractivity contribution in [3.05, 3.63) is 45.8 Å². The van der Waals surface area contributed by atoms with E-state index in [2.05, 4.69) is 31.2 Å². The first-order valence-electron chi connectivity index (χ1n) is 6.19. The van der Waals surface area contributed by atoms with E-state index in [1.165, 1.54) is 0 Å². The number of aromatic nitrogens is 2. The van der Waals surface area contributed by atoms with Gasteiger partial charge in [0.25, 0.3) is 0 Å². The zero-order valence-electron chi connectivity index (χ0n) is 11.3. The fraction of sp³-hybridized carbons (Fsp3) is 0.286. The predicted molar refractivity (Wildman–Crippen MR) is 80.8 cm³/mol. The first kappa shape index (κ1) is 14.7. The molecule has 0 aliphatic heterocycles. The maximum atomic E-state index is 10.1. The van der Waals surface area contributed by atoms with E-state index in [0.29, 0.717) is 18.2 Å². The van der Waals surface area contributed by atoms with Gasteiger partial charge in [0.1, 0.15) is 17.4 Å². The average molecular weight is 338 g/mol. The Bertz CT molecular complexity index is 602. The summed E-state index contributed by atoms with van der Waals surface area (Å²) in [7, 11) is 0. The number of aliphatic hydroxyl groups is 1. The SMILES string of the molecule is Cc1nc(C)c(Br)c(NCC(O)c2ccc(O)cc2)n1. The van der Waals surface area contributed by atoms with Crippen molar-refractivity contribution in [3.8, 4) is 5.75 Å². The summed E-state index contributed by atoms with van der Waals surface area (Å²) < 4.78 is 0.793. The summed E-state index contributed by atoms with van der Waals surface area (Å²) >= 11 is 3.43. The first-order valence-corrected chi connectivity index (χ1v) is 6.98. The highest BCUT2D eigenvalue weighted by molar-refractivity contribution is 9.10. The number of hydrogen-bond donors (Lipinski definition) is 3. The van der Waals surface area contributed by atoms with Crippen LogP contribution in [0.15, 0.2) is 28.7 Å². The largest absolute Gasteiger partial charge is 0.508 e. The van der Waals surface area contributed by atoms with Gasteiger partial charge in [0.2, 0.25) is 0 Å². The summed E-state index contributed by atoms with van der Waals surface area (Å²) in [6.07, 6.45) is -0.682. The van der Waals surface area contributed by atoms with Crippen LogP contribution in [0.2, 0.25) is 0 Å². The van der Waals surface area contributed by atoms with Gasteiger partial charge in [-0.3, -0.25) is 0 Å². The third kappa shape index (κ3) is 3.46. The number of rotatable bonds is 4. The molecule has 20 heavy (non-hydrogen) atoms. The Morgan fingerprint density at radius 3 is 2.50 bits per heavy atom. The molecule has 106 valence electrons. The van der Waals surface area contributed by atoms with Gasteiger partial charge in [-0.2, -0.15) is 0 Å². The average Bonchev–Trinajstić information content (AvgIpc) is 2.41. The van der Waals surface area contributed by atoms with E-state index in [0.717, 1.165) is 15.7 Å². The monoisotopic (exact) mass is 337 g/mol. The summed E-state index contributed by atoms with van der Waals surface area (Å²) in [5.41, 5.74) is 1.58. The van der Waals surface area contributed by atoms with Crippen molar-refractivity contribution in [1.29, 1.82) is 0 Å². The second kappa shape index (κ2) is 6.19. The molecule has 2 rings (SSSR count). The Hall–Kier alpha value is -1.66. The summed E-state index contributed by atoms with van der Waals surface area (Å²) in [4.78, 5) is 8.53. The van der Waals surface area contributed by atoms with Gasteiger partial charge >= 0.3 is 0 Å². The van der Waals surface area contributed by atoms with Crippen molar-refractivity contribution in [2.45, 2.75) is 20.0 Å². The maximum Gasteiger partial charge on any atom is 0.144 e. The Labute approximate surface area is 125 Å². The number of hydrogen-bond acceptors (Lipinski definition) is 5. The van der Waals surface area contributed by atoms with Crippen LogP contribution in [0.5, 0.6) is 5.75 Å². The highest BCUT2D eigenvalue weighted by Crippen LogP contribution is 2.24. The van der Waals surface area contributed by atoms with Crippen LogP contribution in [0, 0.1) is 13.8 Å². The molecular formula is C14H16BrN3O2. The van der Waals surface area contributed by atoms with Gasteiger partial charge in [-0.15, -0.1) is 0 Å². The first-order chi connectivity index (χ1) is 9.47. The van der Waals surface area contributed by atoms with Crippen molar-refractivity contribution >= 4 is 21.7 Å². The number of anilines is 1. The van der Waals surface area contributed by atoms with Crippen LogP contribution in [-0.2, 0) is 0 Å². The molecular weight excluding hydrogens is 322 g/mol. The second-order valence-electron chi connectivity index (χ2n) is 4.51. The van der Waals surface area contributed by atoms with Crippen molar-refractivity contribution in [1.82, 2.24) is 9.97 Å². The van der Waals surface area contributed by atoms with Crippen LogP contribution in [0.25, 0.3) is 0 Å². The molecule has 3 N–H and O–H groups in total. The van der Waals surface area contributed by atoms with Gasteiger partial charge in [0, 0.05) is 6.54 Å². The Morgan fingerprint density at radius 1 is 1.20 bits per heavy atom. The van der Waals surface area contributed by atoms with Crippen molar-refractivity contribution < 1.29 is 10.2 Å². The molecule has 0 fully saturated rings. The van der Waals surface area contributed by atoms with Gasteiger partial charge in [-0.05, 0) is 47.5 Å². The van der Waals surface area contributed by atoms with E-state index in [1.807, 2.05) is 13.8 Å². The number of phenolic OH excluding ortho intramolecular Hbond substituents is 1. The van der Waals surface area contributed by atoms with Crippen molar-refractivity contribution in [3.63, 3.8) is 0 Å². The zero-order chi connectivity index (χ0) is 14.7. The Morgan fingerprint density at radius 2 is 1.85 bits per heavy atom. The van der Waals surface area contributed by atoms with Gasteiger partial charge < -0.3 is 15.5 Å². The summed E-state index contributed by atoms with van der Waals surface area (Å²) in [6, 6.07) is 6.47. The van der Waals surface area contributed by atoms with Gasteiger partial charge in [-0.1, -0.05) is 12.1 Å². The van der Waals surface area contributed by atoms with E-state index in [4.69, 9.17) is 0 Å². The minimum Gasteiger partial charge on any atom is -0.508 e. The lowest BCUT2D eigenvalue weighted by molar-refractivity contribution is 0.191. The third-order valence-electron chi connectivity index (χ3n) is 2.87. The lowest BCUT2D eigenvalue weighted by Crippen LogP contribution is -2.14. The minimum atomic E-state index is -0.682. The molecule has 0 bridgehead atoms. The normalized spacial score (nSPS) is 12.2. The fourth-order valence-electron chi connectivity index (χ4n) is 1.82. The molecule has 0 amide bonds. The number of nitrogens with zero attached hydrogens (tertiary/aromatic N) is 2. The molecule has 0 radical (unpaired) electrons. The molecule has 0 spiro atoms. The number of aromatic hydroxyl groups is 1. The molecule has 1 aromatic carbocycles. The number of phenols is 1. The van der Waals surface area contributed by atoms with Crippen LogP contribution in [0.1, 0.15) is 23.2 Å². The molecule has 2 aromatic rings. The summed E-state index contributed by atoms with van der Waals surface area (Å²) in [5, 5.41) is 22.4. The van der Waals surface area contributed by atoms with Crippen LogP contribution >= 0.6 is 15.9 Å². The molecule has 0 aliphatic carbocycles. The Kier molecular flexibility index (Phi) is 4.57. The van der Waals surface area contributed by atoms with Gasteiger partial charge in [-0.25, -0.2) is 9.97 Å². The molecule has 1 aromatic heterocycles. The van der Waals surface area contributed by atoms with Crippen molar-refractivity contribution in [2.75, 3.05) is 11.9 Å². The Balaban J connectivity index is 2.07. The van der Waals surface area contributed by atoms with Gasteiger partial charge in [0.15, 0.2) is 0 Å². The van der Waals surface area contributed by atoms with Crippen LogP contribution < -0.4 is 5.32 Å². The molecule has 1 unspecified atom stereocenters. The maximum absolute atomic E-state index is 10.1. The number of halogens is 1. The van der Waals surface area contributed by atoms with E-state index in [1.54, 1.807) is 24.3 Å². The molecule has 6 heteroatoms. The molecule has 5 nitrogen and oxygen atoms in total. The lowest BCUT2D eigenvalue weighted by atomic mass is 10.1. The smallest absolute Gasteiger partial charge is 0.144 e. The van der Waals surface area contributed by atoms with E-state index >= 15 is 0 Å². The molecule has 0 saturated heterocycles. The highest BCUT2D eigenvalue weighted by atomic mass is 79.9. The fourth-order valence-corrected chi connectivity index (χ4v) is 2.14. The topological polar surface area (TPSA) is 78.3 Å². The predicted octanol–water partition coefficient (Wildman–Crippen LogP) is 2.71. The van der Waals surface area contributed by atoms with E-state index in [-0.39, 0.29) is 5.75 Å². The number of aliphatic hydroxyl groups excluding tert-OH is 1.